The Morgan fingerprint density at radius 1 is 0.957 bits per heavy atom. The van der Waals surface area contributed by atoms with Crippen LogP contribution < -0.4 is 11.5 Å². The standard InChI is InChI=1S/C12H16N4O7/c13-7(17)5-15(6-8(14)18)9(19)3-4-12(22)23-16-10(20)1-2-11(16)21/h1-6H2,(H2,13,17)(H2,14,18). The summed E-state index contributed by atoms with van der Waals surface area (Å²) in [5, 5.41) is 0.359. The highest BCUT2D eigenvalue weighted by Crippen LogP contribution is 2.13. The van der Waals surface area contributed by atoms with Crippen LogP contribution >= 0.6 is 0 Å². The van der Waals surface area contributed by atoms with E-state index in [1.54, 1.807) is 0 Å². The molecule has 0 aromatic heterocycles. The van der Waals surface area contributed by atoms with E-state index in [0.717, 1.165) is 4.90 Å². The van der Waals surface area contributed by atoms with Crippen LogP contribution in [0.3, 0.4) is 0 Å². The first-order valence-corrected chi connectivity index (χ1v) is 6.61. The van der Waals surface area contributed by atoms with E-state index in [-0.39, 0.29) is 12.8 Å². The molecule has 0 unspecified atom stereocenters. The minimum Gasteiger partial charge on any atom is -0.368 e. The summed E-state index contributed by atoms with van der Waals surface area (Å²) in [6, 6.07) is 0. The Balaban J connectivity index is 2.50. The molecule has 1 aliphatic heterocycles. The van der Waals surface area contributed by atoms with Crippen molar-refractivity contribution in [1.29, 1.82) is 0 Å². The molecule has 126 valence electrons. The number of primary amides is 2. The summed E-state index contributed by atoms with van der Waals surface area (Å²) < 4.78 is 0. The van der Waals surface area contributed by atoms with Crippen molar-refractivity contribution in [3.63, 3.8) is 0 Å². The second kappa shape index (κ2) is 7.87. The quantitative estimate of drug-likeness (QED) is 0.452. The normalized spacial score (nSPS) is 13.8. The van der Waals surface area contributed by atoms with Gasteiger partial charge in [-0.2, -0.15) is 0 Å². The van der Waals surface area contributed by atoms with Crippen LogP contribution in [0.15, 0.2) is 0 Å². The van der Waals surface area contributed by atoms with Crippen LogP contribution in [0, 0.1) is 0 Å². The van der Waals surface area contributed by atoms with Gasteiger partial charge in [0.2, 0.25) is 17.7 Å². The van der Waals surface area contributed by atoms with Gasteiger partial charge in [-0.25, -0.2) is 4.79 Å². The molecule has 1 rings (SSSR count). The molecule has 0 spiro atoms. The monoisotopic (exact) mass is 328 g/mol. The zero-order valence-electron chi connectivity index (χ0n) is 12.1. The Labute approximate surface area is 130 Å². The molecule has 1 saturated heterocycles. The van der Waals surface area contributed by atoms with Crippen LogP contribution in [-0.2, 0) is 33.6 Å². The van der Waals surface area contributed by atoms with Gasteiger partial charge in [0.05, 0.1) is 19.5 Å². The number of amides is 5. The number of carbonyl (C=O) groups is 6. The van der Waals surface area contributed by atoms with Gasteiger partial charge in [0.15, 0.2) is 0 Å². The van der Waals surface area contributed by atoms with Crippen molar-refractivity contribution < 1.29 is 33.6 Å². The molecule has 11 nitrogen and oxygen atoms in total. The molecule has 5 amide bonds. The molecule has 4 N–H and O–H groups in total. The fourth-order valence-electron chi connectivity index (χ4n) is 1.78. The first-order valence-electron chi connectivity index (χ1n) is 6.61. The topological polar surface area (TPSA) is 170 Å². The number of imide groups is 1. The van der Waals surface area contributed by atoms with Gasteiger partial charge in [-0.1, -0.05) is 0 Å². The third kappa shape index (κ3) is 5.73. The molecule has 0 radical (unpaired) electrons. The third-order valence-corrected chi connectivity index (χ3v) is 2.79. The van der Waals surface area contributed by atoms with E-state index < -0.39 is 61.4 Å². The largest absolute Gasteiger partial charge is 0.368 e. The van der Waals surface area contributed by atoms with Crippen LogP contribution in [0.4, 0.5) is 0 Å². The van der Waals surface area contributed by atoms with Gasteiger partial charge in [-0.3, -0.25) is 24.0 Å². The molecular formula is C12H16N4O7. The van der Waals surface area contributed by atoms with E-state index in [1.807, 2.05) is 0 Å². The van der Waals surface area contributed by atoms with Gasteiger partial charge < -0.3 is 21.2 Å². The van der Waals surface area contributed by atoms with Gasteiger partial charge in [0.25, 0.3) is 11.8 Å². The van der Waals surface area contributed by atoms with Crippen molar-refractivity contribution in [2.75, 3.05) is 13.1 Å². The SMILES string of the molecule is NC(=O)CN(CC(N)=O)C(=O)CCC(=O)ON1C(=O)CCC1=O. The number of hydrogen-bond acceptors (Lipinski definition) is 7. The fourth-order valence-corrected chi connectivity index (χ4v) is 1.78. The molecule has 23 heavy (non-hydrogen) atoms. The summed E-state index contributed by atoms with van der Waals surface area (Å²) in [4.78, 5) is 72.9. The highest BCUT2D eigenvalue weighted by Gasteiger charge is 2.33. The van der Waals surface area contributed by atoms with Gasteiger partial charge in [-0.15, -0.1) is 5.06 Å². The summed E-state index contributed by atoms with van der Waals surface area (Å²) in [6.07, 6.45) is -0.953. The Morgan fingerprint density at radius 3 is 1.87 bits per heavy atom. The second-order valence-electron chi connectivity index (χ2n) is 4.73. The van der Waals surface area contributed by atoms with Crippen molar-refractivity contribution in [1.82, 2.24) is 9.96 Å². The lowest BCUT2D eigenvalue weighted by Gasteiger charge is -2.19. The summed E-state index contributed by atoms with van der Waals surface area (Å²) in [5.74, 6) is -4.68. The first-order chi connectivity index (χ1) is 10.7. The minimum absolute atomic E-state index is 0.0456. The molecular weight excluding hydrogens is 312 g/mol. The number of hydroxylamine groups is 2. The van der Waals surface area contributed by atoms with Gasteiger partial charge in [-0.05, 0) is 0 Å². The molecule has 0 aromatic rings. The predicted molar refractivity (Wildman–Crippen MR) is 71.4 cm³/mol. The van der Waals surface area contributed by atoms with Crippen LogP contribution in [0.5, 0.6) is 0 Å². The van der Waals surface area contributed by atoms with Crippen LogP contribution in [0.2, 0.25) is 0 Å². The van der Waals surface area contributed by atoms with E-state index in [4.69, 9.17) is 11.5 Å². The number of rotatable bonds is 8. The molecule has 0 saturated carbocycles. The molecule has 1 aliphatic rings. The number of carbonyl (C=O) groups excluding carboxylic acids is 6. The Bertz CT molecular complexity index is 528. The van der Waals surface area contributed by atoms with Crippen LogP contribution in [0.1, 0.15) is 25.7 Å². The minimum atomic E-state index is -0.972. The zero-order chi connectivity index (χ0) is 17.6. The maximum atomic E-state index is 11.8. The lowest BCUT2D eigenvalue weighted by Crippen LogP contribution is -2.43. The first kappa shape index (κ1) is 18.1. The highest BCUT2D eigenvalue weighted by molar-refractivity contribution is 6.01. The number of nitrogens with two attached hydrogens (primary N) is 2. The number of hydrogen-bond donors (Lipinski definition) is 2. The molecule has 1 heterocycles. The smallest absolute Gasteiger partial charge is 0.333 e. The zero-order valence-corrected chi connectivity index (χ0v) is 12.1. The average Bonchev–Trinajstić information content (AvgIpc) is 2.75. The summed E-state index contributed by atoms with van der Waals surface area (Å²) >= 11 is 0. The van der Waals surface area contributed by atoms with E-state index in [0.29, 0.717) is 5.06 Å². The van der Waals surface area contributed by atoms with E-state index in [2.05, 4.69) is 4.84 Å². The Hall–Kier alpha value is -2.98. The van der Waals surface area contributed by atoms with Gasteiger partial charge >= 0.3 is 5.97 Å². The van der Waals surface area contributed by atoms with E-state index >= 15 is 0 Å². The van der Waals surface area contributed by atoms with Crippen molar-refractivity contribution in [3.8, 4) is 0 Å². The predicted octanol–water partition coefficient (Wildman–Crippen LogP) is -2.83. The molecule has 0 bridgehead atoms. The molecule has 0 aromatic carbocycles. The second-order valence-corrected chi connectivity index (χ2v) is 4.73. The fraction of sp³-hybridized carbons (Fsp3) is 0.500. The maximum Gasteiger partial charge on any atom is 0.333 e. The molecule has 0 atom stereocenters. The average molecular weight is 328 g/mol. The lowest BCUT2D eigenvalue weighted by molar-refractivity contribution is -0.197. The van der Waals surface area contributed by atoms with Crippen molar-refractivity contribution >= 4 is 35.5 Å². The lowest BCUT2D eigenvalue weighted by atomic mass is 10.2. The van der Waals surface area contributed by atoms with Crippen molar-refractivity contribution in [2.45, 2.75) is 25.7 Å². The molecule has 0 aliphatic carbocycles. The molecule has 1 fully saturated rings. The third-order valence-electron chi connectivity index (χ3n) is 2.79. The summed E-state index contributed by atoms with van der Waals surface area (Å²) in [5.41, 5.74) is 9.89. The van der Waals surface area contributed by atoms with E-state index in [1.165, 1.54) is 0 Å². The Kier molecular flexibility index (Phi) is 6.18. The van der Waals surface area contributed by atoms with Gasteiger partial charge in [0, 0.05) is 19.3 Å². The van der Waals surface area contributed by atoms with E-state index in [9.17, 15) is 28.8 Å². The molecule has 11 heteroatoms. The maximum absolute atomic E-state index is 11.8. The summed E-state index contributed by atoms with van der Waals surface area (Å²) in [6.45, 7) is -1.06. The van der Waals surface area contributed by atoms with Crippen LogP contribution in [0.25, 0.3) is 0 Å². The van der Waals surface area contributed by atoms with Crippen molar-refractivity contribution in [2.24, 2.45) is 11.5 Å². The highest BCUT2D eigenvalue weighted by atomic mass is 16.7. The summed E-state index contributed by atoms with van der Waals surface area (Å²) in [7, 11) is 0. The van der Waals surface area contributed by atoms with Crippen molar-refractivity contribution in [3.05, 3.63) is 0 Å². The Morgan fingerprint density at radius 2 is 1.43 bits per heavy atom. The van der Waals surface area contributed by atoms with Gasteiger partial charge in [0.1, 0.15) is 0 Å². The number of nitrogens with zero attached hydrogens (tertiary/aromatic N) is 2. The van der Waals surface area contributed by atoms with Crippen LogP contribution in [-0.4, -0.2) is 58.6 Å².